The van der Waals surface area contributed by atoms with E-state index in [-0.39, 0.29) is 18.3 Å². The van der Waals surface area contributed by atoms with Gasteiger partial charge < -0.3 is 20.3 Å². The van der Waals surface area contributed by atoms with Gasteiger partial charge in [0.2, 0.25) is 0 Å². The molecule has 3 N–H and O–H groups in total. The molecule has 0 fully saturated rings. The average Bonchev–Trinajstić information content (AvgIpc) is 2.56. The van der Waals surface area contributed by atoms with Crippen molar-refractivity contribution in [3.63, 3.8) is 0 Å². The Labute approximate surface area is 145 Å². The summed E-state index contributed by atoms with van der Waals surface area (Å²) in [5, 5.41) is 22.8. The van der Waals surface area contributed by atoms with Crippen molar-refractivity contribution in [1.82, 2.24) is 5.32 Å². The van der Waals surface area contributed by atoms with Gasteiger partial charge in [0.1, 0.15) is 11.5 Å². The molecule has 0 aliphatic rings. The lowest BCUT2D eigenvalue weighted by Gasteiger charge is -2.20. The van der Waals surface area contributed by atoms with Gasteiger partial charge in [-0.3, -0.25) is 4.79 Å². The van der Waals surface area contributed by atoms with Gasteiger partial charge in [-0.25, -0.2) is 0 Å². The second kappa shape index (κ2) is 8.04. The van der Waals surface area contributed by atoms with Gasteiger partial charge >= 0.3 is 0 Å². The zero-order valence-corrected chi connectivity index (χ0v) is 14.2. The van der Waals surface area contributed by atoms with Crippen molar-refractivity contribution in [1.29, 1.82) is 0 Å². The third-order valence-corrected chi connectivity index (χ3v) is 4.02. The van der Waals surface area contributed by atoms with Crippen LogP contribution in [0.4, 0.5) is 0 Å². The van der Waals surface area contributed by atoms with Gasteiger partial charge in [0, 0.05) is 5.02 Å². The summed E-state index contributed by atoms with van der Waals surface area (Å²) in [6.07, 6.45) is -0.882. The summed E-state index contributed by atoms with van der Waals surface area (Å²) >= 11 is 5.94. The Kier molecular flexibility index (Phi) is 6.06. The number of rotatable bonds is 6. The molecular formula is C18H20ClNO4. The van der Waals surface area contributed by atoms with E-state index in [1.54, 1.807) is 37.3 Å². The second-order valence-corrected chi connectivity index (χ2v) is 6.00. The number of carbonyl (C=O) groups excluding carboxylic acids is 1. The number of aliphatic hydroxyl groups excluding tert-OH is 1. The lowest BCUT2D eigenvalue weighted by Crippen LogP contribution is -2.39. The van der Waals surface area contributed by atoms with Gasteiger partial charge in [-0.05, 0) is 55.3 Å². The summed E-state index contributed by atoms with van der Waals surface area (Å²) in [4.78, 5) is 12.0. The fraction of sp³-hybridized carbons (Fsp3) is 0.278. The summed E-state index contributed by atoms with van der Waals surface area (Å²) in [6, 6.07) is 10.8. The van der Waals surface area contributed by atoms with E-state index in [2.05, 4.69) is 5.32 Å². The Morgan fingerprint density at radius 2 is 1.92 bits per heavy atom. The number of amides is 1. The number of benzene rings is 2. The highest BCUT2D eigenvalue weighted by atomic mass is 35.5. The molecule has 2 aromatic rings. The van der Waals surface area contributed by atoms with Gasteiger partial charge in [0.15, 0.2) is 6.61 Å². The third kappa shape index (κ3) is 4.88. The molecule has 0 aliphatic heterocycles. The summed E-state index contributed by atoms with van der Waals surface area (Å²) < 4.78 is 5.42. The van der Waals surface area contributed by atoms with E-state index >= 15 is 0 Å². The van der Waals surface area contributed by atoms with Gasteiger partial charge in [-0.1, -0.05) is 23.7 Å². The highest BCUT2D eigenvalue weighted by molar-refractivity contribution is 6.31. The summed E-state index contributed by atoms with van der Waals surface area (Å²) in [7, 11) is 0. The minimum Gasteiger partial charge on any atom is -0.508 e. The molecule has 2 rings (SSSR count). The zero-order valence-electron chi connectivity index (χ0n) is 13.5. The van der Waals surface area contributed by atoms with E-state index in [0.717, 1.165) is 5.56 Å². The number of hydrogen-bond donors (Lipinski definition) is 3. The van der Waals surface area contributed by atoms with E-state index in [1.807, 2.05) is 6.92 Å². The molecule has 6 heteroatoms. The van der Waals surface area contributed by atoms with E-state index in [9.17, 15) is 15.0 Å². The molecule has 24 heavy (non-hydrogen) atoms. The van der Waals surface area contributed by atoms with Crippen molar-refractivity contribution in [3.8, 4) is 11.5 Å². The van der Waals surface area contributed by atoms with Crippen molar-refractivity contribution in [3.05, 3.63) is 58.6 Å². The van der Waals surface area contributed by atoms with Crippen LogP contribution in [0, 0.1) is 6.92 Å². The van der Waals surface area contributed by atoms with Crippen molar-refractivity contribution < 1.29 is 19.7 Å². The second-order valence-electron chi connectivity index (χ2n) is 5.59. The SMILES string of the molecule is Cc1cc(OCC(=O)N[C@@H](C)[C@@H](O)c2ccc(O)cc2)ccc1Cl. The van der Waals surface area contributed by atoms with Gasteiger partial charge in [-0.15, -0.1) is 0 Å². The molecule has 0 aliphatic carbocycles. The molecule has 0 saturated heterocycles. The van der Waals surface area contributed by atoms with Crippen molar-refractivity contribution in [2.45, 2.75) is 26.0 Å². The molecule has 0 saturated carbocycles. The number of aliphatic hydroxyl groups is 1. The fourth-order valence-corrected chi connectivity index (χ4v) is 2.31. The molecule has 0 bridgehead atoms. The van der Waals surface area contributed by atoms with Crippen LogP contribution in [0.15, 0.2) is 42.5 Å². The number of phenolic OH excluding ortho intramolecular Hbond substituents is 1. The molecule has 2 aromatic carbocycles. The molecular weight excluding hydrogens is 330 g/mol. The number of phenols is 1. The first-order valence-electron chi connectivity index (χ1n) is 7.52. The van der Waals surface area contributed by atoms with Crippen LogP contribution in [0.3, 0.4) is 0 Å². The van der Waals surface area contributed by atoms with E-state index in [1.165, 1.54) is 12.1 Å². The molecule has 128 valence electrons. The number of halogens is 1. The Hall–Kier alpha value is -2.24. The summed E-state index contributed by atoms with van der Waals surface area (Å²) in [5.41, 5.74) is 1.47. The average molecular weight is 350 g/mol. The first-order chi connectivity index (χ1) is 11.4. The normalized spacial score (nSPS) is 13.2. The van der Waals surface area contributed by atoms with Crippen LogP contribution >= 0.6 is 11.6 Å². The van der Waals surface area contributed by atoms with Crippen LogP contribution in [0.5, 0.6) is 11.5 Å². The molecule has 2 atom stereocenters. The monoisotopic (exact) mass is 349 g/mol. The predicted octanol–water partition coefficient (Wildman–Crippen LogP) is 2.97. The smallest absolute Gasteiger partial charge is 0.258 e. The number of aromatic hydroxyl groups is 1. The number of ether oxygens (including phenoxy) is 1. The van der Waals surface area contributed by atoms with Crippen LogP contribution in [-0.2, 0) is 4.79 Å². The first-order valence-corrected chi connectivity index (χ1v) is 7.90. The Balaban J connectivity index is 1.86. The molecule has 0 heterocycles. The Morgan fingerprint density at radius 1 is 1.25 bits per heavy atom. The number of hydrogen-bond acceptors (Lipinski definition) is 4. The number of carbonyl (C=O) groups is 1. The largest absolute Gasteiger partial charge is 0.508 e. The quantitative estimate of drug-likeness (QED) is 0.749. The standard InChI is InChI=1S/C18H20ClNO4/c1-11-9-15(7-8-16(11)19)24-10-17(22)20-12(2)18(23)13-3-5-14(21)6-4-13/h3-9,12,18,21,23H,10H2,1-2H3,(H,20,22)/t12-,18+/m0/s1. The Morgan fingerprint density at radius 3 is 2.54 bits per heavy atom. The Bertz CT molecular complexity index is 703. The fourth-order valence-electron chi connectivity index (χ4n) is 2.19. The lowest BCUT2D eigenvalue weighted by atomic mass is 10.0. The molecule has 0 unspecified atom stereocenters. The van der Waals surface area contributed by atoms with Gasteiger partial charge in [0.05, 0.1) is 12.1 Å². The maximum Gasteiger partial charge on any atom is 0.258 e. The minimum atomic E-state index is -0.882. The van der Waals surface area contributed by atoms with Crippen LogP contribution < -0.4 is 10.1 Å². The summed E-state index contributed by atoms with van der Waals surface area (Å²) in [6.45, 7) is 3.39. The maximum absolute atomic E-state index is 12.0. The molecule has 0 aromatic heterocycles. The highest BCUT2D eigenvalue weighted by Crippen LogP contribution is 2.21. The van der Waals surface area contributed by atoms with Crippen LogP contribution in [0.2, 0.25) is 5.02 Å². The van der Waals surface area contributed by atoms with Crippen molar-refractivity contribution in [2.24, 2.45) is 0 Å². The topological polar surface area (TPSA) is 78.8 Å². The molecule has 1 amide bonds. The summed E-state index contributed by atoms with van der Waals surface area (Å²) in [5.74, 6) is 0.334. The van der Waals surface area contributed by atoms with Crippen LogP contribution in [-0.4, -0.2) is 28.8 Å². The van der Waals surface area contributed by atoms with Gasteiger partial charge in [0.25, 0.3) is 5.91 Å². The first kappa shape index (κ1) is 18.1. The molecule has 5 nitrogen and oxygen atoms in total. The predicted molar refractivity (Wildman–Crippen MR) is 92.4 cm³/mol. The zero-order chi connectivity index (χ0) is 17.7. The van der Waals surface area contributed by atoms with Crippen molar-refractivity contribution in [2.75, 3.05) is 6.61 Å². The van der Waals surface area contributed by atoms with E-state index < -0.39 is 12.1 Å². The lowest BCUT2D eigenvalue weighted by molar-refractivity contribution is -0.124. The van der Waals surface area contributed by atoms with Crippen molar-refractivity contribution >= 4 is 17.5 Å². The molecule has 0 radical (unpaired) electrons. The van der Waals surface area contributed by atoms with Crippen LogP contribution in [0.25, 0.3) is 0 Å². The maximum atomic E-state index is 12.0. The van der Waals surface area contributed by atoms with E-state index in [4.69, 9.17) is 16.3 Å². The number of aryl methyl sites for hydroxylation is 1. The number of nitrogens with one attached hydrogen (secondary N) is 1. The molecule has 0 spiro atoms. The third-order valence-electron chi connectivity index (χ3n) is 3.60. The minimum absolute atomic E-state index is 0.120. The van der Waals surface area contributed by atoms with Gasteiger partial charge in [-0.2, -0.15) is 0 Å². The van der Waals surface area contributed by atoms with E-state index in [0.29, 0.717) is 16.3 Å². The van der Waals surface area contributed by atoms with Crippen LogP contribution in [0.1, 0.15) is 24.2 Å². The highest BCUT2D eigenvalue weighted by Gasteiger charge is 2.18.